The third-order valence-corrected chi connectivity index (χ3v) is 8.01. The quantitative estimate of drug-likeness (QED) is 0.268. The summed E-state index contributed by atoms with van der Waals surface area (Å²) in [7, 11) is 0. The lowest BCUT2D eigenvalue weighted by Crippen LogP contribution is -2.39. The van der Waals surface area contributed by atoms with E-state index in [4.69, 9.17) is 4.84 Å². The van der Waals surface area contributed by atoms with Crippen LogP contribution in [0.5, 0.6) is 0 Å². The third-order valence-electron chi connectivity index (χ3n) is 7.20. The second kappa shape index (κ2) is 11.3. The van der Waals surface area contributed by atoms with E-state index in [9.17, 15) is 14.0 Å². The lowest BCUT2D eigenvalue weighted by atomic mass is 9.89. The van der Waals surface area contributed by atoms with Crippen molar-refractivity contribution in [2.75, 3.05) is 18.4 Å². The predicted octanol–water partition coefficient (Wildman–Crippen LogP) is 5.99. The topological polar surface area (TPSA) is 76.5 Å². The number of piperidine rings is 1. The van der Waals surface area contributed by atoms with E-state index < -0.39 is 0 Å². The van der Waals surface area contributed by atoms with Crippen molar-refractivity contribution < 1.29 is 14.0 Å². The Kier molecular flexibility index (Phi) is 7.29. The molecule has 3 aromatic carbocycles. The van der Waals surface area contributed by atoms with Gasteiger partial charge in [0.05, 0.1) is 33.2 Å². The summed E-state index contributed by atoms with van der Waals surface area (Å²) in [5.74, 6) is -0.183. The second-order valence-corrected chi connectivity index (χ2v) is 10.7. The largest absolute Gasteiger partial charge is 0.406 e. The molecule has 0 bridgehead atoms. The van der Waals surface area contributed by atoms with Crippen LogP contribution in [-0.2, 0) is 6.61 Å². The molecule has 1 N–H and O–H groups in total. The van der Waals surface area contributed by atoms with Gasteiger partial charge in [-0.1, -0.05) is 42.5 Å². The molecule has 40 heavy (non-hydrogen) atoms. The van der Waals surface area contributed by atoms with Gasteiger partial charge in [0.25, 0.3) is 11.5 Å². The molecule has 202 valence electrons. The molecular formula is C31H27FN4O3S. The Morgan fingerprint density at radius 3 is 2.58 bits per heavy atom. The summed E-state index contributed by atoms with van der Waals surface area (Å²) >= 11 is 1.55. The molecule has 1 amide bonds. The van der Waals surface area contributed by atoms with E-state index in [0.29, 0.717) is 24.3 Å². The van der Waals surface area contributed by atoms with Gasteiger partial charge in [-0.25, -0.2) is 9.37 Å². The number of halogens is 1. The third kappa shape index (κ3) is 5.60. The molecular weight excluding hydrogens is 527 g/mol. The highest BCUT2D eigenvalue weighted by Crippen LogP contribution is 2.30. The van der Waals surface area contributed by atoms with Crippen LogP contribution in [0.15, 0.2) is 95.4 Å². The number of pyridine rings is 1. The number of nitrogens with one attached hydrogen (secondary N) is 1. The van der Waals surface area contributed by atoms with Crippen molar-refractivity contribution in [2.45, 2.75) is 25.4 Å². The molecule has 0 saturated carbocycles. The van der Waals surface area contributed by atoms with Crippen LogP contribution < -0.4 is 15.7 Å². The van der Waals surface area contributed by atoms with Crippen LogP contribution in [0.4, 0.5) is 15.8 Å². The first-order chi connectivity index (χ1) is 19.5. The van der Waals surface area contributed by atoms with E-state index in [1.165, 1.54) is 24.4 Å². The fourth-order valence-electron chi connectivity index (χ4n) is 5.02. The normalized spacial score (nSPS) is 13.9. The van der Waals surface area contributed by atoms with Gasteiger partial charge in [-0.2, -0.15) is 4.73 Å². The maximum absolute atomic E-state index is 13.9. The molecule has 2 aromatic heterocycles. The molecule has 0 aliphatic carbocycles. The van der Waals surface area contributed by atoms with Crippen LogP contribution >= 0.6 is 11.3 Å². The van der Waals surface area contributed by atoms with Gasteiger partial charge in [0.1, 0.15) is 12.4 Å². The van der Waals surface area contributed by atoms with E-state index in [1.54, 1.807) is 21.7 Å². The number of hydrogen-bond acceptors (Lipinski definition) is 6. The minimum absolute atomic E-state index is 0.185. The van der Waals surface area contributed by atoms with Crippen LogP contribution in [0.25, 0.3) is 10.2 Å². The molecule has 0 radical (unpaired) electrons. The van der Waals surface area contributed by atoms with Gasteiger partial charge in [-0.15, -0.1) is 11.3 Å². The van der Waals surface area contributed by atoms with Gasteiger partial charge < -0.3 is 15.1 Å². The van der Waals surface area contributed by atoms with Crippen LogP contribution in [0.2, 0.25) is 0 Å². The second-order valence-electron chi connectivity index (χ2n) is 9.80. The molecule has 1 aliphatic rings. The monoisotopic (exact) mass is 554 g/mol. The number of likely N-dealkylation sites (tertiary alicyclic amines) is 1. The Bertz CT molecular complexity index is 1690. The average Bonchev–Trinajstić information content (AvgIpc) is 3.46. The van der Waals surface area contributed by atoms with Crippen molar-refractivity contribution in [2.24, 2.45) is 0 Å². The zero-order chi connectivity index (χ0) is 27.5. The maximum atomic E-state index is 13.9. The number of carbonyl (C=O) groups is 1. The van der Waals surface area contributed by atoms with Crippen molar-refractivity contribution in [3.8, 4) is 0 Å². The number of aromatic nitrogens is 2. The van der Waals surface area contributed by atoms with Gasteiger partial charge in [-0.05, 0) is 60.2 Å². The van der Waals surface area contributed by atoms with Gasteiger partial charge in [-0.3, -0.25) is 9.59 Å². The zero-order valence-corrected chi connectivity index (χ0v) is 22.4. The Labute approximate surface area is 234 Å². The lowest BCUT2D eigenvalue weighted by Gasteiger charge is -2.32. The molecule has 1 aliphatic heterocycles. The minimum Gasteiger partial charge on any atom is -0.406 e. The first-order valence-electron chi connectivity index (χ1n) is 13.1. The van der Waals surface area contributed by atoms with Crippen molar-refractivity contribution in [1.29, 1.82) is 0 Å². The summed E-state index contributed by atoms with van der Waals surface area (Å²) in [5, 5.41) is 3.27. The lowest BCUT2D eigenvalue weighted by molar-refractivity contribution is 0.0692. The molecule has 3 heterocycles. The fourth-order valence-corrected chi connectivity index (χ4v) is 5.68. The van der Waals surface area contributed by atoms with E-state index in [2.05, 4.69) is 10.3 Å². The van der Waals surface area contributed by atoms with Crippen LogP contribution in [0.1, 0.15) is 40.2 Å². The standard InChI is InChI=1S/C31H27FN4O3S/c32-24-8-6-22(7-9-24)23-12-14-35(15-13-23)31(38)26-18-36(39-19-21-4-2-1-3-5-21)30(37)17-27(26)34-25-10-11-29-28(16-25)33-20-40-29/h1-11,16-18,20,23,34H,12-15,19H2. The molecule has 5 aromatic rings. The maximum Gasteiger partial charge on any atom is 0.285 e. The van der Waals surface area contributed by atoms with Gasteiger partial charge in [0.15, 0.2) is 0 Å². The van der Waals surface area contributed by atoms with Crippen molar-refractivity contribution >= 4 is 38.8 Å². The number of nitrogens with zero attached hydrogens (tertiary/aromatic N) is 3. The first-order valence-corrected chi connectivity index (χ1v) is 14.0. The highest BCUT2D eigenvalue weighted by atomic mass is 32.1. The molecule has 9 heteroatoms. The number of benzene rings is 3. The molecule has 6 rings (SSSR count). The average molecular weight is 555 g/mol. The summed E-state index contributed by atoms with van der Waals surface area (Å²) < 4.78 is 15.6. The Hall–Kier alpha value is -4.50. The molecule has 1 fully saturated rings. The van der Waals surface area contributed by atoms with Crippen LogP contribution in [-0.4, -0.2) is 33.6 Å². The van der Waals surface area contributed by atoms with Gasteiger partial charge in [0, 0.05) is 24.8 Å². The number of fused-ring (bicyclic) bond motifs is 1. The number of amides is 1. The summed E-state index contributed by atoms with van der Waals surface area (Å²) in [6.45, 7) is 1.29. The van der Waals surface area contributed by atoms with Crippen molar-refractivity contribution in [1.82, 2.24) is 14.6 Å². The molecule has 1 saturated heterocycles. The molecule has 0 spiro atoms. The molecule has 7 nitrogen and oxygen atoms in total. The highest BCUT2D eigenvalue weighted by Gasteiger charge is 2.27. The van der Waals surface area contributed by atoms with Crippen LogP contribution in [0, 0.1) is 5.82 Å². The van der Waals surface area contributed by atoms with Crippen molar-refractivity contribution in [3.05, 3.63) is 123 Å². The Morgan fingerprint density at radius 1 is 1.02 bits per heavy atom. The van der Waals surface area contributed by atoms with E-state index >= 15 is 0 Å². The first kappa shape index (κ1) is 25.8. The van der Waals surface area contributed by atoms with E-state index in [1.807, 2.05) is 60.7 Å². The van der Waals surface area contributed by atoms with E-state index in [0.717, 1.165) is 44.6 Å². The van der Waals surface area contributed by atoms with Gasteiger partial charge in [0.2, 0.25) is 0 Å². The summed E-state index contributed by atoms with van der Waals surface area (Å²) in [5.41, 5.74) is 5.69. The molecule has 0 atom stereocenters. The van der Waals surface area contributed by atoms with Crippen molar-refractivity contribution in [3.63, 3.8) is 0 Å². The van der Waals surface area contributed by atoms with Gasteiger partial charge >= 0.3 is 0 Å². The SMILES string of the molecule is O=C(c1cn(OCc2ccccc2)c(=O)cc1Nc1ccc2scnc2c1)N1CCC(c2ccc(F)cc2)CC1. The van der Waals surface area contributed by atoms with E-state index in [-0.39, 0.29) is 29.8 Å². The predicted molar refractivity (Wildman–Crippen MR) is 155 cm³/mol. The zero-order valence-electron chi connectivity index (χ0n) is 21.6. The number of rotatable bonds is 7. The Balaban J connectivity index is 1.26. The van der Waals surface area contributed by atoms with Crippen LogP contribution in [0.3, 0.4) is 0 Å². The summed E-state index contributed by atoms with van der Waals surface area (Å²) in [6.07, 6.45) is 3.01. The minimum atomic E-state index is -0.389. The smallest absolute Gasteiger partial charge is 0.285 e. The fraction of sp³-hybridized carbons (Fsp3) is 0.194. The number of carbonyl (C=O) groups excluding carboxylic acids is 1. The highest BCUT2D eigenvalue weighted by molar-refractivity contribution is 7.16. The summed E-state index contributed by atoms with van der Waals surface area (Å²) in [6, 6.07) is 23.3. The number of hydrogen-bond donors (Lipinski definition) is 1. The summed E-state index contributed by atoms with van der Waals surface area (Å²) in [4.78, 5) is 38.9. The Morgan fingerprint density at radius 2 is 1.80 bits per heavy atom. The number of thiazole rings is 1. The molecule has 0 unspecified atom stereocenters. The number of anilines is 2.